The number of carbonyl (C=O) groups is 1. The maximum Gasteiger partial charge on any atom is 0.254 e. The van der Waals surface area contributed by atoms with Crippen LogP contribution in [0.3, 0.4) is 0 Å². The molecule has 1 amide bonds. The zero-order valence-electron chi connectivity index (χ0n) is 12.1. The second kappa shape index (κ2) is 6.10. The minimum Gasteiger partial charge on any atom is -0.324 e. The molecule has 1 heterocycles. The predicted octanol–water partition coefficient (Wildman–Crippen LogP) is 2.46. The van der Waals surface area contributed by atoms with Crippen molar-refractivity contribution < 1.29 is 4.79 Å². The zero-order chi connectivity index (χ0) is 15.6. The van der Waals surface area contributed by atoms with Crippen LogP contribution in [0.1, 0.15) is 17.1 Å². The number of aromatic nitrogens is 2. The average molecular weight is 306 g/mol. The van der Waals surface area contributed by atoms with E-state index in [1.54, 1.807) is 32.0 Å². The molecule has 0 fully saturated rings. The highest BCUT2D eigenvalue weighted by Gasteiger charge is 2.10. The van der Waals surface area contributed by atoms with E-state index in [2.05, 4.69) is 10.3 Å². The maximum absolute atomic E-state index is 12.1. The van der Waals surface area contributed by atoms with Crippen LogP contribution >= 0.6 is 11.6 Å². The molecule has 5 nitrogen and oxygen atoms in total. The second-order valence-electron chi connectivity index (χ2n) is 4.83. The van der Waals surface area contributed by atoms with Crippen molar-refractivity contribution in [3.8, 4) is 0 Å². The summed E-state index contributed by atoms with van der Waals surface area (Å²) < 4.78 is 1.34. The smallest absolute Gasteiger partial charge is 0.254 e. The Morgan fingerprint density at radius 1 is 1.33 bits per heavy atom. The monoisotopic (exact) mass is 305 g/mol. The molecule has 0 atom stereocenters. The topological polar surface area (TPSA) is 64.0 Å². The number of anilines is 1. The Bertz CT molecular complexity index is 753. The molecule has 0 aliphatic carbocycles. The highest BCUT2D eigenvalue weighted by molar-refractivity contribution is 6.31. The van der Waals surface area contributed by atoms with Crippen LogP contribution in [0, 0.1) is 20.8 Å². The molecular weight excluding hydrogens is 290 g/mol. The van der Waals surface area contributed by atoms with Crippen molar-refractivity contribution >= 4 is 23.2 Å². The Kier molecular flexibility index (Phi) is 4.43. The summed E-state index contributed by atoms with van der Waals surface area (Å²) in [7, 11) is 0. The number of hydrogen-bond donors (Lipinski definition) is 1. The molecule has 1 aromatic heterocycles. The van der Waals surface area contributed by atoms with Gasteiger partial charge in [-0.1, -0.05) is 17.7 Å². The molecule has 0 saturated heterocycles. The largest absolute Gasteiger partial charge is 0.324 e. The van der Waals surface area contributed by atoms with Crippen molar-refractivity contribution in [1.82, 2.24) is 9.55 Å². The molecule has 2 rings (SSSR count). The molecule has 0 spiro atoms. The third-order valence-electron chi connectivity index (χ3n) is 3.17. The van der Waals surface area contributed by atoms with Gasteiger partial charge in [-0.3, -0.25) is 14.2 Å². The highest BCUT2D eigenvalue weighted by atomic mass is 35.5. The number of amides is 1. The Labute approximate surface area is 127 Å². The molecule has 0 saturated carbocycles. The second-order valence-corrected chi connectivity index (χ2v) is 5.24. The van der Waals surface area contributed by atoms with E-state index in [-0.39, 0.29) is 18.0 Å². The van der Waals surface area contributed by atoms with E-state index in [1.807, 2.05) is 6.92 Å². The Hall–Kier alpha value is -2.14. The van der Waals surface area contributed by atoms with Gasteiger partial charge in [-0.15, -0.1) is 0 Å². The lowest BCUT2D eigenvalue weighted by Gasteiger charge is -2.12. The van der Waals surface area contributed by atoms with Gasteiger partial charge in [0.25, 0.3) is 5.56 Å². The van der Waals surface area contributed by atoms with Gasteiger partial charge in [0.15, 0.2) is 0 Å². The molecule has 0 radical (unpaired) electrons. The van der Waals surface area contributed by atoms with Gasteiger partial charge < -0.3 is 5.32 Å². The molecule has 1 aromatic carbocycles. The number of benzene rings is 1. The first-order valence-corrected chi connectivity index (χ1v) is 6.86. The summed E-state index contributed by atoms with van der Waals surface area (Å²) in [4.78, 5) is 28.2. The molecule has 1 N–H and O–H groups in total. The fourth-order valence-corrected chi connectivity index (χ4v) is 2.21. The van der Waals surface area contributed by atoms with Gasteiger partial charge in [-0.05, 0) is 38.5 Å². The Balaban J connectivity index is 2.20. The molecule has 0 bridgehead atoms. The summed E-state index contributed by atoms with van der Waals surface area (Å²) in [6, 6.07) is 6.69. The minimum absolute atomic E-state index is 0.0795. The van der Waals surface area contributed by atoms with E-state index in [0.29, 0.717) is 22.2 Å². The van der Waals surface area contributed by atoms with Crippen LogP contribution in [-0.2, 0) is 11.3 Å². The first kappa shape index (κ1) is 15.3. The molecule has 6 heteroatoms. The van der Waals surface area contributed by atoms with Gasteiger partial charge in [-0.25, -0.2) is 4.98 Å². The predicted molar refractivity (Wildman–Crippen MR) is 82.8 cm³/mol. The van der Waals surface area contributed by atoms with Crippen LogP contribution in [0.25, 0.3) is 0 Å². The number of carbonyl (C=O) groups excluding carboxylic acids is 1. The van der Waals surface area contributed by atoms with Crippen molar-refractivity contribution in [2.75, 3.05) is 5.32 Å². The third kappa shape index (κ3) is 3.49. The van der Waals surface area contributed by atoms with E-state index in [4.69, 9.17) is 11.6 Å². The van der Waals surface area contributed by atoms with Gasteiger partial charge in [0.05, 0.1) is 0 Å². The number of nitrogens with one attached hydrogen (secondary N) is 1. The van der Waals surface area contributed by atoms with Gasteiger partial charge in [-0.2, -0.15) is 0 Å². The van der Waals surface area contributed by atoms with E-state index in [9.17, 15) is 9.59 Å². The van der Waals surface area contributed by atoms with Gasteiger partial charge in [0, 0.05) is 22.5 Å². The van der Waals surface area contributed by atoms with E-state index in [1.165, 1.54) is 10.6 Å². The van der Waals surface area contributed by atoms with Gasteiger partial charge in [0.2, 0.25) is 5.91 Å². The number of hydrogen-bond acceptors (Lipinski definition) is 3. The van der Waals surface area contributed by atoms with Crippen LogP contribution in [0.15, 0.2) is 29.1 Å². The number of nitrogens with zero attached hydrogens (tertiary/aromatic N) is 2. The lowest BCUT2D eigenvalue weighted by atomic mass is 10.2. The van der Waals surface area contributed by atoms with E-state index < -0.39 is 0 Å². The number of rotatable bonds is 3. The quantitative estimate of drug-likeness (QED) is 0.947. The summed E-state index contributed by atoms with van der Waals surface area (Å²) in [5.41, 5.74) is 1.83. The standard InChI is InChI=1S/C15H16ClN3O2/c1-9-7-15(21)19(11(3)17-9)8-14(20)18-13-6-4-5-12(16)10(13)2/h4-7H,8H2,1-3H3,(H,18,20). The first-order chi connectivity index (χ1) is 9.88. The molecular formula is C15H16ClN3O2. The van der Waals surface area contributed by atoms with Crippen molar-refractivity contribution in [2.24, 2.45) is 0 Å². The number of aryl methyl sites for hydroxylation is 2. The summed E-state index contributed by atoms with van der Waals surface area (Å²) in [6.07, 6.45) is 0. The third-order valence-corrected chi connectivity index (χ3v) is 3.58. The Morgan fingerprint density at radius 2 is 2.05 bits per heavy atom. The summed E-state index contributed by atoms with van der Waals surface area (Å²) in [6.45, 7) is 5.19. The molecule has 110 valence electrons. The van der Waals surface area contributed by atoms with Crippen LogP contribution in [0.2, 0.25) is 5.02 Å². The summed E-state index contributed by atoms with van der Waals surface area (Å²) in [5.74, 6) is 0.217. The van der Waals surface area contributed by atoms with E-state index >= 15 is 0 Å². The van der Waals surface area contributed by atoms with Crippen LogP contribution in [0.4, 0.5) is 5.69 Å². The van der Waals surface area contributed by atoms with Crippen molar-refractivity contribution in [1.29, 1.82) is 0 Å². The number of halogens is 1. The summed E-state index contributed by atoms with van der Waals surface area (Å²) in [5, 5.41) is 3.34. The minimum atomic E-state index is -0.295. The van der Waals surface area contributed by atoms with Gasteiger partial charge in [0.1, 0.15) is 12.4 Å². The van der Waals surface area contributed by atoms with Crippen molar-refractivity contribution in [3.63, 3.8) is 0 Å². The lowest BCUT2D eigenvalue weighted by Crippen LogP contribution is -2.30. The maximum atomic E-state index is 12.1. The van der Waals surface area contributed by atoms with Crippen LogP contribution in [0.5, 0.6) is 0 Å². The highest BCUT2D eigenvalue weighted by Crippen LogP contribution is 2.22. The van der Waals surface area contributed by atoms with E-state index in [0.717, 1.165) is 5.56 Å². The average Bonchev–Trinajstić information content (AvgIpc) is 2.39. The fraction of sp³-hybridized carbons (Fsp3) is 0.267. The lowest BCUT2D eigenvalue weighted by molar-refractivity contribution is -0.116. The van der Waals surface area contributed by atoms with Crippen LogP contribution < -0.4 is 10.9 Å². The zero-order valence-corrected chi connectivity index (χ0v) is 12.9. The molecule has 0 aliphatic heterocycles. The molecule has 2 aromatic rings. The van der Waals surface area contributed by atoms with Crippen LogP contribution in [-0.4, -0.2) is 15.5 Å². The molecule has 0 unspecified atom stereocenters. The Morgan fingerprint density at radius 3 is 2.71 bits per heavy atom. The van der Waals surface area contributed by atoms with Crippen molar-refractivity contribution in [2.45, 2.75) is 27.3 Å². The first-order valence-electron chi connectivity index (χ1n) is 6.48. The molecule has 21 heavy (non-hydrogen) atoms. The molecule has 0 aliphatic rings. The normalized spacial score (nSPS) is 10.5. The van der Waals surface area contributed by atoms with Crippen molar-refractivity contribution in [3.05, 3.63) is 56.7 Å². The fourth-order valence-electron chi connectivity index (χ4n) is 2.03. The van der Waals surface area contributed by atoms with Gasteiger partial charge >= 0.3 is 0 Å². The SMILES string of the molecule is Cc1cc(=O)n(CC(=O)Nc2cccc(Cl)c2C)c(C)n1. The summed E-state index contributed by atoms with van der Waals surface area (Å²) >= 11 is 6.01.